The van der Waals surface area contributed by atoms with Gasteiger partial charge >= 0.3 is 0 Å². The molecule has 0 saturated heterocycles. The number of aromatic nitrogens is 1. The third-order valence-electron chi connectivity index (χ3n) is 5.67. The van der Waals surface area contributed by atoms with Gasteiger partial charge in [0.1, 0.15) is 11.3 Å². The van der Waals surface area contributed by atoms with E-state index in [0.29, 0.717) is 5.56 Å². The second-order valence-electron chi connectivity index (χ2n) is 7.65. The molecule has 0 aliphatic carbocycles. The molecule has 28 heavy (non-hydrogen) atoms. The molecule has 0 N–H and O–H groups in total. The molecule has 0 saturated carbocycles. The van der Waals surface area contributed by atoms with E-state index in [1.165, 1.54) is 12.0 Å². The zero-order valence-corrected chi connectivity index (χ0v) is 16.4. The lowest BCUT2D eigenvalue weighted by Gasteiger charge is -2.17. The highest BCUT2D eigenvalue weighted by Crippen LogP contribution is 2.43. The summed E-state index contributed by atoms with van der Waals surface area (Å²) in [5.41, 5.74) is 7.56. The minimum absolute atomic E-state index is 0.215. The quantitative estimate of drug-likeness (QED) is 0.293. The molecule has 2 nitrogen and oxygen atoms in total. The minimum atomic E-state index is -0.215. The van der Waals surface area contributed by atoms with Crippen molar-refractivity contribution in [1.82, 2.24) is 4.98 Å². The summed E-state index contributed by atoms with van der Waals surface area (Å²) in [7, 11) is 0. The fourth-order valence-corrected chi connectivity index (χ4v) is 4.67. The van der Waals surface area contributed by atoms with Gasteiger partial charge in [0.25, 0.3) is 0 Å². The van der Waals surface area contributed by atoms with E-state index in [1.54, 1.807) is 6.07 Å². The number of rotatable bonds is 1. The fourth-order valence-electron chi connectivity index (χ4n) is 4.67. The summed E-state index contributed by atoms with van der Waals surface area (Å²) in [4.78, 5) is 4.47. The lowest BCUT2D eigenvalue weighted by atomic mass is 9.87. The second kappa shape index (κ2) is 5.90. The standard InChI is InChI=1S/C25H20FNO/c1-13-10-15(3)20(16(4)11-13)23-19(26)9-8-18-22(23)17-7-5-6-14(2)21(17)25-24(18)27-12-28-25/h5-12H,1-4H3. The summed E-state index contributed by atoms with van der Waals surface area (Å²) in [5.74, 6) is -0.215. The number of hydrogen-bond donors (Lipinski definition) is 0. The van der Waals surface area contributed by atoms with Crippen LogP contribution in [0.1, 0.15) is 22.3 Å². The normalized spacial score (nSPS) is 11.8. The van der Waals surface area contributed by atoms with Crippen LogP contribution in [-0.2, 0) is 0 Å². The third-order valence-corrected chi connectivity index (χ3v) is 5.67. The van der Waals surface area contributed by atoms with Gasteiger partial charge in [0.2, 0.25) is 0 Å². The molecule has 3 heteroatoms. The second-order valence-corrected chi connectivity index (χ2v) is 7.65. The number of benzene rings is 4. The molecule has 0 aliphatic rings. The molecule has 0 aliphatic heterocycles. The summed E-state index contributed by atoms with van der Waals surface area (Å²) in [6.45, 7) is 8.23. The highest BCUT2D eigenvalue weighted by atomic mass is 19.1. The molecule has 138 valence electrons. The summed E-state index contributed by atoms with van der Waals surface area (Å²) in [5, 5.41) is 3.80. The first-order valence-corrected chi connectivity index (χ1v) is 9.42. The molecular formula is C25H20FNO. The van der Waals surface area contributed by atoms with Crippen LogP contribution in [0.4, 0.5) is 4.39 Å². The van der Waals surface area contributed by atoms with E-state index in [4.69, 9.17) is 4.42 Å². The van der Waals surface area contributed by atoms with Gasteiger partial charge in [0, 0.05) is 21.7 Å². The predicted octanol–water partition coefficient (Wildman–Crippen LogP) is 7.17. The largest absolute Gasteiger partial charge is 0.443 e. The van der Waals surface area contributed by atoms with Crippen molar-refractivity contribution in [2.45, 2.75) is 27.7 Å². The SMILES string of the molecule is Cc1cc(C)c(-c2c(F)ccc3c4ncoc4c4c(C)cccc4c23)c(C)c1. The Hall–Kier alpha value is -3.20. The van der Waals surface area contributed by atoms with Gasteiger partial charge in [0.15, 0.2) is 12.0 Å². The molecule has 0 spiro atoms. The Morgan fingerprint density at radius 1 is 0.786 bits per heavy atom. The van der Waals surface area contributed by atoms with Gasteiger partial charge in [-0.1, -0.05) is 35.9 Å². The third kappa shape index (κ3) is 2.22. The first-order valence-electron chi connectivity index (χ1n) is 9.42. The van der Waals surface area contributed by atoms with Crippen molar-refractivity contribution in [2.75, 3.05) is 0 Å². The number of oxazole rings is 1. The highest BCUT2D eigenvalue weighted by Gasteiger charge is 2.21. The van der Waals surface area contributed by atoms with Crippen LogP contribution in [0, 0.1) is 33.5 Å². The number of nitrogens with zero attached hydrogens (tertiary/aromatic N) is 1. The molecule has 5 rings (SSSR count). The average Bonchev–Trinajstić information content (AvgIpc) is 3.12. The molecule has 1 heterocycles. The number of halogens is 1. The number of hydrogen-bond acceptors (Lipinski definition) is 2. The maximum absolute atomic E-state index is 15.4. The molecular weight excluding hydrogens is 349 g/mol. The monoisotopic (exact) mass is 369 g/mol. The Labute approximate surface area is 162 Å². The highest BCUT2D eigenvalue weighted by molar-refractivity contribution is 6.27. The molecule has 4 aromatic carbocycles. The fraction of sp³-hybridized carbons (Fsp3) is 0.160. The molecule has 0 atom stereocenters. The van der Waals surface area contributed by atoms with Gasteiger partial charge in [0.05, 0.1) is 0 Å². The van der Waals surface area contributed by atoms with Crippen LogP contribution in [0.3, 0.4) is 0 Å². The molecule has 0 radical (unpaired) electrons. The molecule has 5 aromatic rings. The zero-order chi connectivity index (χ0) is 19.6. The van der Waals surface area contributed by atoms with Crippen LogP contribution in [0.5, 0.6) is 0 Å². The Balaban J connectivity index is 2.11. The summed E-state index contributed by atoms with van der Waals surface area (Å²) in [6.07, 6.45) is 1.47. The van der Waals surface area contributed by atoms with Crippen molar-refractivity contribution in [3.05, 3.63) is 76.9 Å². The molecule has 0 unspecified atom stereocenters. The smallest absolute Gasteiger partial charge is 0.182 e. The lowest BCUT2D eigenvalue weighted by molar-refractivity contribution is 0.605. The van der Waals surface area contributed by atoms with Gasteiger partial charge in [-0.2, -0.15) is 0 Å². The Bertz CT molecular complexity index is 1390. The van der Waals surface area contributed by atoms with Crippen molar-refractivity contribution in [2.24, 2.45) is 0 Å². The van der Waals surface area contributed by atoms with Gasteiger partial charge < -0.3 is 4.42 Å². The molecule has 0 bridgehead atoms. The van der Waals surface area contributed by atoms with Crippen LogP contribution in [0.2, 0.25) is 0 Å². The first kappa shape index (κ1) is 16.9. The van der Waals surface area contributed by atoms with Crippen LogP contribution in [-0.4, -0.2) is 4.98 Å². The van der Waals surface area contributed by atoms with Gasteiger partial charge in [-0.25, -0.2) is 9.37 Å². The summed E-state index contributed by atoms with van der Waals surface area (Å²) < 4.78 is 21.1. The number of fused-ring (bicyclic) bond motifs is 6. The van der Waals surface area contributed by atoms with Crippen LogP contribution >= 0.6 is 0 Å². The van der Waals surface area contributed by atoms with Crippen LogP contribution < -0.4 is 0 Å². The van der Waals surface area contributed by atoms with Crippen molar-refractivity contribution in [3.63, 3.8) is 0 Å². The van der Waals surface area contributed by atoms with E-state index in [2.05, 4.69) is 56.9 Å². The van der Waals surface area contributed by atoms with E-state index in [0.717, 1.165) is 54.9 Å². The van der Waals surface area contributed by atoms with E-state index >= 15 is 4.39 Å². The van der Waals surface area contributed by atoms with Gasteiger partial charge in [-0.3, -0.25) is 0 Å². The first-order chi connectivity index (χ1) is 13.5. The Morgan fingerprint density at radius 2 is 1.54 bits per heavy atom. The zero-order valence-electron chi connectivity index (χ0n) is 16.4. The lowest BCUT2D eigenvalue weighted by Crippen LogP contribution is -1.96. The Kier molecular flexibility index (Phi) is 3.57. The number of aryl methyl sites for hydroxylation is 4. The van der Waals surface area contributed by atoms with Crippen molar-refractivity contribution in [1.29, 1.82) is 0 Å². The average molecular weight is 369 g/mol. The maximum atomic E-state index is 15.4. The minimum Gasteiger partial charge on any atom is -0.443 e. The van der Waals surface area contributed by atoms with E-state index in [9.17, 15) is 0 Å². The van der Waals surface area contributed by atoms with Gasteiger partial charge in [-0.15, -0.1) is 0 Å². The molecule has 0 amide bonds. The Morgan fingerprint density at radius 3 is 2.29 bits per heavy atom. The van der Waals surface area contributed by atoms with E-state index < -0.39 is 0 Å². The van der Waals surface area contributed by atoms with Crippen molar-refractivity contribution < 1.29 is 8.81 Å². The van der Waals surface area contributed by atoms with Crippen LogP contribution in [0.15, 0.2) is 53.3 Å². The van der Waals surface area contributed by atoms with Crippen LogP contribution in [0.25, 0.3) is 43.8 Å². The van der Waals surface area contributed by atoms with Crippen molar-refractivity contribution in [3.8, 4) is 11.1 Å². The van der Waals surface area contributed by atoms with Gasteiger partial charge in [-0.05, 0) is 67.5 Å². The van der Waals surface area contributed by atoms with E-state index in [1.807, 2.05) is 12.1 Å². The maximum Gasteiger partial charge on any atom is 0.182 e. The predicted molar refractivity (Wildman–Crippen MR) is 113 cm³/mol. The topological polar surface area (TPSA) is 26.0 Å². The summed E-state index contributed by atoms with van der Waals surface area (Å²) in [6, 6.07) is 13.7. The van der Waals surface area contributed by atoms with Crippen molar-refractivity contribution >= 4 is 32.6 Å². The van der Waals surface area contributed by atoms with E-state index in [-0.39, 0.29) is 5.82 Å². The molecule has 1 aromatic heterocycles. The molecule has 0 fully saturated rings. The summed E-state index contributed by atoms with van der Waals surface area (Å²) >= 11 is 0.